The van der Waals surface area contributed by atoms with E-state index in [0.717, 1.165) is 17.1 Å². The van der Waals surface area contributed by atoms with Crippen molar-refractivity contribution in [3.63, 3.8) is 0 Å². The molecule has 0 saturated carbocycles. The molecule has 18 heavy (non-hydrogen) atoms. The van der Waals surface area contributed by atoms with Gasteiger partial charge in [0.05, 0.1) is 26.3 Å². The van der Waals surface area contributed by atoms with Crippen LogP contribution in [0.25, 0.3) is 0 Å². The average molecular weight is 249 g/mol. The molecule has 0 aromatic heterocycles. The third-order valence-corrected chi connectivity index (χ3v) is 3.62. The van der Waals surface area contributed by atoms with Crippen molar-refractivity contribution in [1.29, 1.82) is 0 Å². The van der Waals surface area contributed by atoms with Gasteiger partial charge >= 0.3 is 0 Å². The maximum atomic E-state index is 5.85. The van der Waals surface area contributed by atoms with Gasteiger partial charge in [-0.2, -0.15) is 0 Å². The normalized spacial score (nSPS) is 22.9. The Morgan fingerprint density at radius 3 is 2.56 bits per heavy atom. The zero-order valence-electron chi connectivity index (χ0n) is 11.2. The zero-order chi connectivity index (χ0) is 13.3. The van der Waals surface area contributed by atoms with E-state index in [2.05, 4.69) is 11.9 Å². The average Bonchev–Trinajstić information content (AvgIpc) is 2.67. The van der Waals surface area contributed by atoms with Gasteiger partial charge in [-0.3, -0.25) is 4.99 Å². The van der Waals surface area contributed by atoms with Gasteiger partial charge < -0.3 is 20.1 Å². The fourth-order valence-electron chi connectivity index (χ4n) is 2.21. The molecule has 0 saturated heterocycles. The van der Waals surface area contributed by atoms with E-state index in [1.165, 1.54) is 0 Å². The number of hydrogen-bond acceptors (Lipinski definition) is 5. The SMILES string of the molecule is COc1ccc(C2(C)CN=C(N)N2C)c(OC)c1. The topological polar surface area (TPSA) is 60.1 Å². The second-order valence-corrected chi connectivity index (χ2v) is 4.57. The zero-order valence-corrected chi connectivity index (χ0v) is 11.2. The molecule has 1 unspecified atom stereocenters. The maximum Gasteiger partial charge on any atom is 0.191 e. The quantitative estimate of drug-likeness (QED) is 0.874. The Bertz CT molecular complexity index is 487. The van der Waals surface area contributed by atoms with E-state index in [4.69, 9.17) is 15.2 Å². The number of guanidine groups is 1. The lowest BCUT2D eigenvalue weighted by Crippen LogP contribution is -2.44. The van der Waals surface area contributed by atoms with Crippen molar-refractivity contribution < 1.29 is 9.47 Å². The molecule has 1 heterocycles. The van der Waals surface area contributed by atoms with E-state index in [9.17, 15) is 0 Å². The predicted molar refractivity (Wildman–Crippen MR) is 71.2 cm³/mol. The van der Waals surface area contributed by atoms with E-state index < -0.39 is 0 Å². The van der Waals surface area contributed by atoms with Crippen LogP contribution in [0.3, 0.4) is 0 Å². The van der Waals surface area contributed by atoms with Crippen molar-refractivity contribution in [2.45, 2.75) is 12.5 Å². The molecule has 1 aliphatic heterocycles. The van der Waals surface area contributed by atoms with Crippen LogP contribution in [0.1, 0.15) is 12.5 Å². The smallest absolute Gasteiger partial charge is 0.191 e. The van der Waals surface area contributed by atoms with Crippen LogP contribution in [0.2, 0.25) is 0 Å². The molecule has 1 aromatic rings. The highest BCUT2D eigenvalue weighted by atomic mass is 16.5. The molecule has 5 nitrogen and oxygen atoms in total. The van der Waals surface area contributed by atoms with Gasteiger partial charge in [0, 0.05) is 18.7 Å². The van der Waals surface area contributed by atoms with Crippen molar-refractivity contribution in [2.75, 3.05) is 27.8 Å². The number of nitrogens with zero attached hydrogens (tertiary/aromatic N) is 2. The molecule has 1 aromatic carbocycles. The lowest BCUT2D eigenvalue weighted by molar-refractivity contribution is 0.256. The lowest BCUT2D eigenvalue weighted by atomic mass is 9.90. The van der Waals surface area contributed by atoms with Crippen molar-refractivity contribution in [3.05, 3.63) is 23.8 Å². The largest absolute Gasteiger partial charge is 0.497 e. The van der Waals surface area contributed by atoms with Crippen LogP contribution in [0.5, 0.6) is 11.5 Å². The van der Waals surface area contributed by atoms with Gasteiger partial charge in [0.15, 0.2) is 5.96 Å². The van der Waals surface area contributed by atoms with Crippen molar-refractivity contribution in [2.24, 2.45) is 10.7 Å². The minimum absolute atomic E-state index is 0.276. The highest BCUT2D eigenvalue weighted by Crippen LogP contribution is 2.38. The standard InChI is InChI=1S/C13H19N3O2/c1-13(8-15-12(14)16(13)2)10-6-5-9(17-3)7-11(10)18-4/h5-7H,8H2,1-4H3,(H2,14,15). The first kappa shape index (κ1) is 12.5. The first-order chi connectivity index (χ1) is 8.52. The number of ether oxygens (including phenoxy) is 2. The van der Waals surface area contributed by atoms with Gasteiger partial charge in [-0.05, 0) is 19.1 Å². The molecule has 0 aliphatic carbocycles. The van der Waals surface area contributed by atoms with E-state index in [1.807, 2.05) is 30.1 Å². The van der Waals surface area contributed by atoms with E-state index >= 15 is 0 Å². The molecular formula is C13H19N3O2. The van der Waals surface area contributed by atoms with Gasteiger partial charge in [-0.25, -0.2) is 0 Å². The molecule has 0 fully saturated rings. The summed E-state index contributed by atoms with van der Waals surface area (Å²) in [6.45, 7) is 2.72. The fourth-order valence-corrected chi connectivity index (χ4v) is 2.21. The van der Waals surface area contributed by atoms with Crippen LogP contribution >= 0.6 is 0 Å². The molecule has 0 amide bonds. The predicted octanol–water partition coefficient (Wildman–Crippen LogP) is 1.18. The summed E-state index contributed by atoms with van der Waals surface area (Å²) in [6, 6.07) is 5.80. The second kappa shape index (κ2) is 4.40. The molecule has 0 radical (unpaired) electrons. The summed E-state index contributed by atoms with van der Waals surface area (Å²) in [5.74, 6) is 2.11. The summed E-state index contributed by atoms with van der Waals surface area (Å²) in [5.41, 5.74) is 6.63. The van der Waals surface area contributed by atoms with Crippen LogP contribution in [0, 0.1) is 0 Å². The maximum absolute atomic E-state index is 5.85. The molecule has 0 spiro atoms. The summed E-state index contributed by atoms with van der Waals surface area (Å²) >= 11 is 0. The Labute approximate surface area is 107 Å². The van der Waals surface area contributed by atoms with Crippen LogP contribution in [-0.2, 0) is 5.54 Å². The van der Waals surface area contributed by atoms with Gasteiger partial charge in [-0.1, -0.05) is 0 Å². The summed E-state index contributed by atoms with van der Waals surface area (Å²) in [7, 11) is 5.23. The van der Waals surface area contributed by atoms with Gasteiger partial charge in [0.1, 0.15) is 11.5 Å². The summed E-state index contributed by atoms with van der Waals surface area (Å²) in [6.07, 6.45) is 0. The van der Waals surface area contributed by atoms with Gasteiger partial charge in [0.25, 0.3) is 0 Å². The van der Waals surface area contributed by atoms with E-state index in [0.29, 0.717) is 12.5 Å². The molecule has 2 rings (SSSR count). The molecule has 0 bridgehead atoms. The van der Waals surface area contributed by atoms with E-state index in [-0.39, 0.29) is 5.54 Å². The Kier molecular flexibility index (Phi) is 3.07. The summed E-state index contributed by atoms with van der Waals surface area (Å²) in [5, 5.41) is 0. The van der Waals surface area contributed by atoms with Crippen LogP contribution in [0.4, 0.5) is 0 Å². The van der Waals surface area contributed by atoms with E-state index in [1.54, 1.807) is 14.2 Å². The molecule has 2 N–H and O–H groups in total. The first-order valence-corrected chi connectivity index (χ1v) is 5.79. The third-order valence-electron chi connectivity index (χ3n) is 3.62. The number of benzene rings is 1. The fraction of sp³-hybridized carbons (Fsp3) is 0.462. The van der Waals surface area contributed by atoms with Crippen molar-refractivity contribution >= 4 is 5.96 Å². The van der Waals surface area contributed by atoms with Gasteiger partial charge in [0.2, 0.25) is 0 Å². The minimum Gasteiger partial charge on any atom is -0.497 e. The lowest BCUT2D eigenvalue weighted by Gasteiger charge is -2.34. The molecule has 5 heteroatoms. The molecule has 1 aliphatic rings. The molecular weight excluding hydrogens is 230 g/mol. The summed E-state index contributed by atoms with van der Waals surface area (Å²) < 4.78 is 10.7. The molecule has 1 atom stereocenters. The first-order valence-electron chi connectivity index (χ1n) is 5.79. The Hall–Kier alpha value is -1.91. The Morgan fingerprint density at radius 1 is 1.33 bits per heavy atom. The van der Waals surface area contributed by atoms with Crippen LogP contribution in [0.15, 0.2) is 23.2 Å². The van der Waals surface area contributed by atoms with Crippen molar-refractivity contribution in [1.82, 2.24) is 4.90 Å². The van der Waals surface area contributed by atoms with Gasteiger partial charge in [-0.15, -0.1) is 0 Å². The third kappa shape index (κ3) is 1.75. The van der Waals surface area contributed by atoms with Crippen LogP contribution in [-0.4, -0.2) is 38.7 Å². The Balaban J connectivity index is 2.45. The number of aliphatic imine (C=N–C) groups is 1. The number of nitrogens with two attached hydrogens (primary N) is 1. The van der Waals surface area contributed by atoms with Crippen molar-refractivity contribution in [3.8, 4) is 11.5 Å². The number of likely N-dealkylation sites (N-methyl/N-ethyl adjacent to an activating group) is 1. The molecule has 98 valence electrons. The number of hydrogen-bond donors (Lipinski definition) is 1. The monoisotopic (exact) mass is 249 g/mol. The highest BCUT2D eigenvalue weighted by Gasteiger charge is 2.39. The Morgan fingerprint density at radius 2 is 2.06 bits per heavy atom. The van der Waals surface area contributed by atoms with Crippen LogP contribution < -0.4 is 15.2 Å². The highest BCUT2D eigenvalue weighted by molar-refractivity contribution is 5.81. The minimum atomic E-state index is -0.276. The summed E-state index contributed by atoms with van der Waals surface area (Å²) in [4.78, 5) is 6.27. The second-order valence-electron chi connectivity index (χ2n) is 4.57. The number of methoxy groups -OCH3 is 2. The number of rotatable bonds is 3.